The molecule has 1 aliphatic heterocycles. The van der Waals surface area contributed by atoms with Crippen molar-refractivity contribution in [3.05, 3.63) is 40.9 Å². The first-order chi connectivity index (χ1) is 10.3. The lowest BCUT2D eigenvalue weighted by Gasteiger charge is -2.09. The van der Waals surface area contributed by atoms with Gasteiger partial charge in [-0.3, -0.25) is 4.79 Å². The Bertz CT molecular complexity index is 641. The lowest BCUT2D eigenvalue weighted by molar-refractivity contribution is -0.140. The number of thiazole rings is 1. The Kier molecular flexibility index (Phi) is 4.06. The Morgan fingerprint density at radius 3 is 3.24 bits per heavy atom. The number of carbonyl (C=O) groups is 1. The number of benzene rings is 1. The zero-order valence-corrected chi connectivity index (χ0v) is 12.5. The summed E-state index contributed by atoms with van der Waals surface area (Å²) in [5, 5.41) is 6.20. The van der Waals surface area contributed by atoms with Gasteiger partial charge in [0, 0.05) is 17.4 Å². The van der Waals surface area contributed by atoms with Crippen LogP contribution in [0, 0.1) is 0 Å². The molecular weight excluding hydrogens is 288 g/mol. The average Bonchev–Trinajstić information content (AvgIpc) is 3.13. The predicted octanol–water partition coefficient (Wildman–Crippen LogP) is 2.79. The number of nitrogens with one attached hydrogen (secondary N) is 1. The number of esters is 1. The molecule has 1 aromatic carbocycles. The Labute approximate surface area is 126 Å². The van der Waals surface area contributed by atoms with Crippen molar-refractivity contribution in [1.82, 2.24) is 4.98 Å². The van der Waals surface area contributed by atoms with Crippen molar-refractivity contribution in [1.29, 1.82) is 0 Å². The molecule has 1 N–H and O–H groups in total. The van der Waals surface area contributed by atoms with Crippen LogP contribution in [0.25, 0.3) is 0 Å². The maximum Gasteiger partial charge on any atom is 0.305 e. The molecule has 1 atom stereocenters. The summed E-state index contributed by atoms with van der Waals surface area (Å²) in [5.74, 6) is 0.716. The van der Waals surface area contributed by atoms with Gasteiger partial charge in [0.2, 0.25) is 0 Å². The van der Waals surface area contributed by atoms with Crippen LogP contribution < -0.4 is 10.1 Å². The fourth-order valence-corrected chi connectivity index (χ4v) is 3.05. The van der Waals surface area contributed by atoms with Gasteiger partial charge in [-0.25, -0.2) is 4.98 Å². The molecule has 0 bridgehead atoms. The molecule has 0 saturated carbocycles. The van der Waals surface area contributed by atoms with Crippen LogP contribution >= 0.6 is 11.3 Å². The molecular formula is C15H16N2O3S. The second kappa shape index (κ2) is 6.13. The number of para-hydroxylation sites is 1. The minimum atomic E-state index is -0.212. The summed E-state index contributed by atoms with van der Waals surface area (Å²) >= 11 is 1.54. The summed E-state index contributed by atoms with van der Waals surface area (Å²) in [6, 6.07) is 8.13. The Morgan fingerprint density at radius 2 is 2.38 bits per heavy atom. The largest absolute Gasteiger partial charge is 0.491 e. The van der Waals surface area contributed by atoms with Gasteiger partial charge in [0.1, 0.15) is 12.4 Å². The van der Waals surface area contributed by atoms with Crippen molar-refractivity contribution in [2.45, 2.75) is 18.9 Å². The molecule has 110 valence electrons. The van der Waals surface area contributed by atoms with Crippen molar-refractivity contribution >= 4 is 22.4 Å². The second-order valence-corrected chi connectivity index (χ2v) is 5.62. The van der Waals surface area contributed by atoms with Gasteiger partial charge in [0.25, 0.3) is 0 Å². The first kappa shape index (κ1) is 13.9. The van der Waals surface area contributed by atoms with Crippen LogP contribution in [0.2, 0.25) is 0 Å². The summed E-state index contributed by atoms with van der Waals surface area (Å²) in [6.45, 7) is 0.608. The van der Waals surface area contributed by atoms with Crippen LogP contribution in [-0.4, -0.2) is 24.7 Å². The number of hydrogen-bond donors (Lipinski definition) is 1. The molecule has 1 aliphatic rings. The van der Waals surface area contributed by atoms with Gasteiger partial charge in [-0.15, -0.1) is 11.3 Å². The van der Waals surface area contributed by atoms with Crippen LogP contribution in [0.5, 0.6) is 5.75 Å². The molecule has 0 fully saturated rings. The van der Waals surface area contributed by atoms with E-state index in [2.05, 4.69) is 21.1 Å². The molecule has 3 rings (SSSR count). The molecule has 0 radical (unpaired) electrons. The molecule has 0 saturated heterocycles. The van der Waals surface area contributed by atoms with Crippen molar-refractivity contribution in [3.8, 4) is 5.75 Å². The van der Waals surface area contributed by atoms with E-state index < -0.39 is 0 Å². The molecule has 1 unspecified atom stereocenters. The monoisotopic (exact) mass is 304 g/mol. The Balaban J connectivity index is 1.62. The standard InChI is InChI=1S/C15H16N2O3S/c1-19-14(18)7-6-10-9-21-15(16-10)17-12-8-20-13-5-3-2-4-11(12)13/h2-5,9,12H,6-8H2,1H3,(H,16,17). The fraction of sp³-hybridized carbons (Fsp3) is 0.333. The highest BCUT2D eigenvalue weighted by Gasteiger charge is 2.24. The second-order valence-electron chi connectivity index (χ2n) is 4.77. The molecule has 0 amide bonds. The van der Waals surface area contributed by atoms with Crippen molar-refractivity contribution < 1.29 is 14.3 Å². The van der Waals surface area contributed by atoms with Gasteiger partial charge in [0.15, 0.2) is 5.13 Å². The van der Waals surface area contributed by atoms with Crippen molar-refractivity contribution in [2.75, 3.05) is 19.0 Å². The molecule has 21 heavy (non-hydrogen) atoms. The summed E-state index contributed by atoms with van der Waals surface area (Å²) in [6.07, 6.45) is 0.956. The highest BCUT2D eigenvalue weighted by molar-refractivity contribution is 7.13. The van der Waals surface area contributed by atoms with E-state index in [-0.39, 0.29) is 12.0 Å². The molecule has 5 nitrogen and oxygen atoms in total. The van der Waals surface area contributed by atoms with E-state index in [1.807, 2.05) is 23.6 Å². The third-order valence-electron chi connectivity index (χ3n) is 3.36. The SMILES string of the molecule is COC(=O)CCc1csc(NC2COc3ccccc32)n1. The zero-order valence-electron chi connectivity index (χ0n) is 11.7. The topological polar surface area (TPSA) is 60.5 Å². The average molecular weight is 304 g/mol. The van der Waals surface area contributed by atoms with E-state index in [0.29, 0.717) is 19.4 Å². The van der Waals surface area contributed by atoms with Crippen LogP contribution in [0.4, 0.5) is 5.13 Å². The molecule has 6 heteroatoms. The van der Waals surface area contributed by atoms with Gasteiger partial charge in [-0.05, 0) is 6.07 Å². The van der Waals surface area contributed by atoms with Crippen LogP contribution in [0.3, 0.4) is 0 Å². The number of ether oxygens (including phenoxy) is 2. The normalized spacial score (nSPS) is 16.1. The molecule has 2 aromatic rings. The third kappa shape index (κ3) is 3.16. The highest BCUT2D eigenvalue weighted by Crippen LogP contribution is 2.34. The van der Waals surface area contributed by atoms with Crippen LogP contribution in [0.15, 0.2) is 29.6 Å². The van der Waals surface area contributed by atoms with E-state index in [9.17, 15) is 4.79 Å². The highest BCUT2D eigenvalue weighted by atomic mass is 32.1. The number of nitrogens with zero attached hydrogens (tertiary/aromatic N) is 1. The summed E-state index contributed by atoms with van der Waals surface area (Å²) in [7, 11) is 1.40. The van der Waals surface area contributed by atoms with E-state index in [1.54, 1.807) is 11.3 Å². The molecule has 0 spiro atoms. The summed E-state index contributed by atoms with van der Waals surface area (Å²) in [5.41, 5.74) is 2.06. The third-order valence-corrected chi connectivity index (χ3v) is 4.18. The Morgan fingerprint density at radius 1 is 1.52 bits per heavy atom. The van der Waals surface area contributed by atoms with Crippen molar-refractivity contribution in [2.24, 2.45) is 0 Å². The first-order valence-corrected chi connectivity index (χ1v) is 7.63. The number of carbonyl (C=O) groups excluding carboxylic acids is 1. The summed E-state index contributed by atoms with van der Waals surface area (Å²) in [4.78, 5) is 15.6. The number of methoxy groups -OCH3 is 1. The van der Waals surface area contributed by atoms with Gasteiger partial charge in [0.05, 0.1) is 25.3 Å². The van der Waals surface area contributed by atoms with Crippen LogP contribution in [-0.2, 0) is 16.0 Å². The van der Waals surface area contributed by atoms with Gasteiger partial charge in [-0.2, -0.15) is 0 Å². The first-order valence-electron chi connectivity index (χ1n) is 6.76. The molecule has 1 aromatic heterocycles. The van der Waals surface area contributed by atoms with Gasteiger partial charge in [-0.1, -0.05) is 18.2 Å². The minimum absolute atomic E-state index is 0.126. The minimum Gasteiger partial charge on any atom is -0.491 e. The van der Waals surface area contributed by atoms with Gasteiger partial charge < -0.3 is 14.8 Å². The van der Waals surface area contributed by atoms with E-state index in [0.717, 1.165) is 22.1 Å². The number of anilines is 1. The van der Waals surface area contributed by atoms with Crippen molar-refractivity contribution in [3.63, 3.8) is 0 Å². The van der Waals surface area contributed by atoms with Gasteiger partial charge >= 0.3 is 5.97 Å². The number of aromatic nitrogens is 1. The number of rotatable bonds is 5. The number of aryl methyl sites for hydroxylation is 1. The maximum absolute atomic E-state index is 11.1. The molecule has 2 heterocycles. The molecule has 0 aliphatic carbocycles. The lowest BCUT2D eigenvalue weighted by Crippen LogP contribution is -2.11. The van der Waals surface area contributed by atoms with E-state index >= 15 is 0 Å². The Hall–Kier alpha value is -2.08. The smallest absolute Gasteiger partial charge is 0.305 e. The number of fused-ring (bicyclic) bond motifs is 1. The quantitative estimate of drug-likeness (QED) is 0.861. The van der Waals surface area contributed by atoms with E-state index in [4.69, 9.17) is 4.74 Å². The fourth-order valence-electron chi connectivity index (χ4n) is 2.25. The van der Waals surface area contributed by atoms with E-state index in [1.165, 1.54) is 7.11 Å². The maximum atomic E-state index is 11.1. The predicted molar refractivity (Wildman–Crippen MR) is 80.8 cm³/mol. The van der Waals surface area contributed by atoms with Crippen LogP contribution in [0.1, 0.15) is 23.7 Å². The number of hydrogen-bond acceptors (Lipinski definition) is 6. The summed E-state index contributed by atoms with van der Waals surface area (Å²) < 4.78 is 10.3. The zero-order chi connectivity index (χ0) is 14.7. The lowest BCUT2D eigenvalue weighted by atomic mass is 10.1.